The van der Waals surface area contributed by atoms with E-state index in [2.05, 4.69) is 5.32 Å². The van der Waals surface area contributed by atoms with Gasteiger partial charge in [0.15, 0.2) is 0 Å². The van der Waals surface area contributed by atoms with Crippen LogP contribution >= 0.6 is 0 Å². The van der Waals surface area contributed by atoms with E-state index < -0.39 is 12.0 Å². The summed E-state index contributed by atoms with van der Waals surface area (Å²) in [6.07, 6.45) is 2.86. The lowest BCUT2D eigenvalue weighted by Gasteiger charge is -2.20. The number of carbonyl (C=O) groups excluding carboxylic acids is 1. The Hall–Kier alpha value is -1.22. The molecule has 1 unspecified atom stereocenters. The van der Waals surface area contributed by atoms with Crippen LogP contribution in [0, 0.1) is 0 Å². The maximum absolute atomic E-state index is 11.2. The van der Waals surface area contributed by atoms with Gasteiger partial charge in [0, 0.05) is 26.2 Å². The van der Waals surface area contributed by atoms with Crippen molar-refractivity contribution in [2.75, 3.05) is 60.1 Å². The Kier molecular flexibility index (Phi) is 13.6. The standard InChI is InChI=1S/C15H31N3O5/c1-17(2)8-9-18(13-20)7-4-3-5-14(15(21)22)16-6-11-23-12-10-19/h13-14,16,19H,3-12H2,1-2H3,(H,21,22). The van der Waals surface area contributed by atoms with E-state index >= 15 is 0 Å². The Bertz CT molecular complexity index is 315. The predicted octanol–water partition coefficient (Wildman–Crippen LogP) is -0.772. The fourth-order valence-corrected chi connectivity index (χ4v) is 1.99. The molecule has 0 aromatic carbocycles. The van der Waals surface area contributed by atoms with Gasteiger partial charge < -0.3 is 30.1 Å². The molecule has 0 heterocycles. The van der Waals surface area contributed by atoms with Crippen LogP contribution in [-0.2, 0) is 14.3 Å². The lowest BCUT2D eigenvalue weighted by Crippen LogP contribution is -2.38. The van der Waals surface area contributed by atoms with Crippen molar-refractivity contribution in [1.82, 2.24) is 15.1 Å². The molecule has 8 heteroatoms. The molecule has 0 saturated heterocycles. The van der Waals surface area contributed by atoms with Gasteiger partial charge >= 0.3 is 5.97 Å². The Balaban J connectivity index is 3.85. The number of hydrogen-bond acceptors (Lipinski definition) is 6. The second kappa shape index (κ2) is 14.4. The second-order valence-electron chi connectivity index (χ2n) is 5.62. The first kappa shape index (κ1) is 21.8. The lowest BCUT2D eigenvalue weighted by atomic mass is 10.1. The monoisotopic (exact) mass is 333 g/mol. The molecule has 0 aromatic rings. The minimum atomic E-state index is -0.882. The average Bonchev–Trinajstić information content (AvgIpc) is 2.51. The third kappa shape index (κ3) is 13.0. The van der Waals surface area contributed by atoms with Crippen molar-refractivity contribution in [3.63, 3.8) is 0 Å². The highest BCUT2D eigenvalue weighted by atomic mass is 16.5. The molecule has 0 bridgehead atoms. The number of rotatable bonds is 16. The van der Waals surface area contributed by atoms with Crippen LogP contribution in [0.1, 0.15) is 19.3 Å². The number of aliphatic carboxylic acids is 1. The van der Waals surface area contributed by atoms with Crippen molar-refractivity contribution >= 4 is 12.4 Å². The van der Waals surface area contributed by atoms with Crippen LogP contribution in [-0.4, -0.2) is 98.5 Å². The molecule has 0 fully saturated rings. The molecule has 136 valence electrons. The van der Waals surface area contributed by atoms with E-state index in [4.69, 9.17) is 14.9 Å². The number of carbonyl (C=O) groups is 2. The first-order valence-corrected chi connectivity index (χ1v) is 8.00. The molecular weight excluding hydrogens is 302 g/mol. The summed E-state index contributed by atoms with van der Waals surface area (Å²) in [6.45, 7) is 3.15. The van der Waals surface area contributed by atoms with Crippen molar-refractivity contribution in [3.05, 3.63) is 0 Å². The van der Waals surface area contributed by atoms with E-state index in [0.29, 0.717) is 32.7 Å². The zero-order valence-electron chi connectivity index (χ0n) is 14.2. The van der Waals surface area contributed by atoms with Gasteiger partial charge in [0.05, 0.1) is 19.8 Å². The van der Waals surface area contributed by atoms with Gasteiger partial charge in [-0.25, -0.2) is 0 Å². The molecule has 8 nitrogen and oxygen atoms in total. The first-order valence-electron chi connectivity index (χ1n) is 8.00. The van der Waals surface area contributed by atoms with E-state index in [1.807, 2.05) is 19.0 Å². The van der Waals surface area contributed by atoms with Crippen LogP contribution in [0.2, 0.25) is 0 Å². The van der Waals surface area contributed by atoms with Gasteiger partial charge in [-0.1, -0.05) is 0 Å². The molecule has 1 atom stereocenters. The van der Waals surface area contributed by atoms with E-state index in [0.717, 1.165) is 25.8 Å². The second-order valence-corrected chi connectivity index (χ2v) is 5.62. The molecule has 0 saturated carbocycles. The highest BCUT2D eigenvalue weighted by Crippen LogP contribution is 2.03. The third-order valence-electron chi connectivity index (χ3n) is 3.34. The molecule has 0 aliphatic rings. The number of unbranched alkanes of at least 4 members (excludes halogenated alkanes) is 1. The van der Waals surface area contributed by atoms with Crippen molar-refractivity contribution < 1.29 is 24.5 Å². The quantitative estimate of drug-likeness (QED) is 0.252. The van der Waals surface area contributed by atoms with Crippen molar-refractivity contribution in [2.24, 2.45) is 0 Å². The molecule has 0 rings (SSSR count). The highest BCUT2D eigenvalue weighted by Gasteiger charge is 2.15. The van der Waals surface area contributed by atoms with Gasteiger partial charge in [0.1, 0.15) is 6.04 Å². The number of nitrogens with one attached hydrogen (secondary N) is 1. The zero-order valence-corrected chi connectivity index (χ0v) is 14.2. The normalized spacial score (nSPS) is 12.3. The molecular formula is C15H31N3O5. The number of nitrogens with zero attached hydrogens (tertiary/aromatic N) is 2. The van der Waals surface area contributed by atoms with Crippen LogP contribution in [0.15, 0.2) is 0 Å². The van der Waals surface area contributed by atoms with Gasteiger partial charge in [0.2, 0.25) is 6.41 Å². The summed E-state index contributed by atoms with van der Waals surface area (Å²) in [5, 5.41) is 20.7. The maximum Gasteiger partial charge on any atom is 0.320 e. The summed E-state index contributed by atoms with van der Waals surface area (Å²) in [6, 6.07) is -0.612. The number of hydrogen-bond donors (Lipinski definition) is 3. The van der Waals surface area contributed by atoms with Gasteiger partial charge in [-0.15, -0.1) is 0 Å². The number of aliphatic hydroxyl groups is 1. The summed E-state index contributed by atoms with van der Waals surface area (Å²) < 4.78 is 5.08. The predicted molar refractivity (Wildman–Crippen MR) is 87.4 cm³/mol. The molecule has 0 radical (unpaired) electrons. The number of carboxylic acids is 1. The largest absolute Gasteiger partial charge is 0.480 e. The maximum atomic E-state index is 11.2. The number of likely N-dealkylation sites (N-methyl/N-ethyl adjacent to an activating group) is 1. The SMILES string of the molecule is CN(C)CCN(C=O)CCCCC(NCCOCCO)C(=O)O. The summed E-state index contributed by atoms with van der Waals surface area (Å²) in [7, 11) is 3.91. The summed E-state index contributed by atoms with van der Waals surface area (Å²) >= 11 is 0. The van der Waals surface area contributed by atoms with Crippen LogP contribution in [0.3, 0.4) is 0 Å². The lowest BCUT2D eigenvalue weighted by molar-refractivity contribution is -0.139. The topological polar surface area (TPSA) is 102 Å². The van der Waals surface area contributed by atoms with E-state index in [-0.39, 0.29) is 13.2 Å². The van der Waals surface area contributed by atoms with E-state index in [1.54, 1.807) is 4.90 Å². The summed E-state index contributed by atoms with van der Waals surface area (Å²) in [5.41, 5.74) is 0. The Morgan fingerprint density at radius 3 is 2.52 bits per heavy atom. The van der Waals surface area contributed by atoms with Gasteiger partial charge in [-0.3, -0.25) is 9.59 Å². The highest BCUT2D eigenvalue weighted by molar-refractivity contribution is 5.73. The molecule has 0 spiro atoms. The first-order chi connectivity index (χ1) is 11.0. The van der Waals surface area contributed by atoms with Crippen molar-refractivity contribution in [2.45, 2.75) is 25.3 Å². The Labute approximate surface area is 138 Å². The zero-order chi connectivity index (χ0) is 17.5. The number of ether oxygens (including phenoxy) is 1. The van der Waals surface area contributed by atoms with E-state index in [9.17, 15) is 9.59 Å². The Morgan fingerprint density at radius 1 is 1.22 bits per heavy atom. The molecule has 0 aliphatic heterocycles. The van der Waals surface area contributed by atoms with Crippen LogP contribution in [0.25, 0.3) is 0 Å². The Morgan fingerprint density at radius 2 is 1.96 bits per heavy atom. The van der Waals surface area contributed by atoms with Gasteiger partial charge in [-0.2, -0.15) is 0 Å². The minimum absolute atomic E-state index is 0.0383. The molecule has 0 aromatic heterocycles. The molecule has 0 aliphatic carbocycles. The fraction of sp³-hybridized carbons (Fsp3) is 0.867. The molecule has 23 heavy (non-hydrogen) atoms. The summed E-state index contributed by atoms with van der Waals surface area (Å²) in [4.78, 5) is 25.8. The van der Waals surface area contributed by atoms with E-state index in [1.165, 1.54) is 0 Å². The number of amides is 1. The van der Waals surface area contributed by atoms with Crippen LogP contribution in [0.4, 0.5) is 0 Å². The third-order valence-corrected chi connectivity index (χ3v) is 3.34. The van der Waals surface area contributed by atoms with Crippen LogP contribution in [0.5, 0.6) is 0 Å². The molecule has 1 amide bonds. The number of aliphatic hydroxyl groups excluding tert-OH is 1. The fourth-order valence-electron chi connectivity index (χ4n) is 1.99. The van der Waals surface area contributed by atoms with Gasteiger partial charge in [0.25, 0.3) is 0 Å². The number of carboxylic acid groups (broad SMARTS) is 1. The smallest absolute Gasteiger partial charge is 0.320 e. The van der Waals surface area contributed by atoms with Crippen molar-refractivity contribution in [1.29, 1.82) is 0 Å². The van der Waals surface area contributed by atoms with Gasteiger partial charge in [-0.05, 0) is 33.4 Å². The van der Waals surface area contributed by atoms with Crippen LogP contribution < -0.4 is 5.32 Å². The average molecular weight is 333 g/mol. The molecule has 3 N–H and O–H groups in total. The van der Waals surface area contributed by atoms with Crippen molar-refractivity contribution in [3.8, 4) is 0 Å². The minimum Gasteiger partial charge on any atom is -0.480 e. The summed E-state index contributed by atoms with van der Waals surface area (Å²) in [5.74, 6) is -0.882.